The van der Waals surface area contributed by atoms with Gasteiger partial charge in [0.1, 0.15) is 6.61 Å². The third-order valence-corrected chi connectivity index (χ3v) is 4.04. The van der Waals surface area contributed by atoms with Crippen molar-refractivity contribution in [2.45, 2.75) is 38.3 Å². The van der Waals surface area contributed by atoms with Crippen molar-refractivity contribution in [1.29, 1.82) is 0 Å². The van der Waals surface area contributed by atoms with Gasteiger partial charge in [-0.05, 0) is 24.8 Å². The summed E-state index contributed by atoms with van der Waals surface area (Å²) in [5, 5.41) is 9.09. The lowest BCUT2D eigenvalue weighted by Gasteiger charge is -2.33. The number of carboxylic acid groups (broad SMARTS) is 1. The van der Waals surface area contributed by atoms with Gasteiger partial charge in [0.15, 0.2) is 0 Å². The highest BCUT2D eigenvalue weighted by Crippen LogP contribution is 2.27. The van der Waals surface area contributed by atoms with Crippen LogP contribution in [0.25, 0.3) is 0 Å². The SMILES string of the molecule is CN(C(=O)OCc1ccccc1)C1CCCC(C(=O)O)C1. The lowest BCUT2D eigenvalue weighted by molar-refractivity contribution is -0.143. The van der Waals surface area contributed by atoms with Crippen molar-refractivity contribution < 1.29 is 19.4 Å². The predicted molar refractivity (Wildman–Crippen MR) is 77.8 cm³/mol. The van der Waals surface area contributed by atoms with Gasteiger partial charge in [-0.25, -0.2) is 4.79 Å². The maximum absolute atomic E-state index is 12.0. The van der Waals surface area contributed by atoms with Crippen molar-refractivity contribution >= 4 is 12.1 Å². The fraction of sp³-hybridized carbons (Fsp3) is 0.500. The fourth-order valence-corrected chi connectivity index (χ4v) is 2.71. The smallest absolute Gasteiger partial charge is 0.410 e. The zero-order chi connectivity index (χ0) is 15.2. The van der Waals surface area contributed by atoms with Crippen molar-refractivity contribution in [2.75, 3.05) is 7.05 Å². The van der Waals surface area contributed by atoms with E-state index in [-0.39, 0.29) is 18.6 Å². The molecular weight excluding hydrogens is 270 g/mol. The third kappa shape index (κ3) is 4.21. The molecule has 0 saturated heterocycles. The summed E-state index contributed by atoms with van der Waals surface area (Å²) in [5.41, 5.74) is 0.936. The molecule has 0 aliphatic heterocycles. The summed E-state index contributed by atoms with van der Waals surface area (Å²) in [6, 6.07) is 9.44. The number of aliphatic carboxylic acids is 1. The molecule has 1 amide bonds. The van der Waals surface area contributed by atoms with Gasteiger partial charge in [0, 0.05) is 13.1 Å². The molecule has 1 aromatic rings. The number of carboxylic acids is 1. The molecule has 1 fully saturated rings. The van der Waals surface area contributed by atoms with Crippen LogP contribution in [0.2, 0.25) is 0 Å². The van der Waals surface area contributed by atoms with Gasteiger partial charge in [-0.1, -0.05) is 36.8 Å². The minimum atomic E-state index is -0.772. The lowest BCUT2D eigenvalue weighted by atomic mass is 9.85. The molecule has 1 aromatic carbocycles. The van der Waals surface area contributed by atoms with Gasteiger partial charge in [-0.2, -0.15) is 0 Å². The number of amides is 1. The van der Waals surface area contributed by atoms with Crippen LogP contribution in [0.5, 0.6) is 0 Å². The summed E-state index contributed by atoms with van der Waals surface area (Å²) in [7, 11) is 1.68. The molecular formula is C16H21NO4. The highest BCUT2D eigenvalue weighted by Gasteiger charge is 2.31. The van der Waals surface area contributed by atoms with Gasteiger partial charge >= 0.3 is 12.1 Å². The molecule has 21 heavy (non-hydrogen) atoms. The molecule has 0 bridgehead atoms. The Morgan fingerprint density at radius 3 is 2.67 bits per heavy atom. The van der Waals surface area contributed by atoms with Crippen LogP contribution in [0.15, 0.2) is 30.3 Å². The van der Waals surface area contributed by atoms with Crippen LogP contribution in [-0.2, 0) is 16.1 Å². The summed E-state index contributed by atoms with van der Waals surface area (Å²) in [5.74, 6) is -1.13. The summed E-state index contributed by atoms with van der Waals surface area (Å²) in [4.78, 5) is 24.7. The number of hydrogen-bond acceptors (Lipinski definition) is 3. The summed E-state index contributed by atoms with van der Waals surface area (Å²) in [6.07, 6.45) is 2.47. The van der Waals surface area contributed by atoms with Crippen molar-refractivity contribution in [3.8, 4) is 0 Å². The number of carbonyl (C=O) groups excluding carboxylic acids is 1. The molecule has 1 saturated carbocycles. The Morgan fingerprint density at radius 2 is 2.00 bits per heavy atom. The number of benzene rings is 1. The van der Waals surface area contributed by atoms with E-state index in [1.165, 1.54) is 4.90 Å². The molecule has 0 radical (unpaired) electrons. The number of rotatable bonds is 4. The first kappa shape index (κ1) is 15.4. The third-order valence-electron chi connectivity index (χ3n) is 4.04. The Bertz CT molecular complexity index is 488. The monoisotopic (exact) mass is 291 g/mol. The van der Waals surface area contributed by atoms with E-state index in [0.717, 1.165) is 18.4 Å². The van der Waals surface area contributed by atoms with Crippen LogP contribution >= 0.6 is 0 Å². The first-order valence-electron chi connectivity index (χ1n) is 7.24. The highest BCUT2D eigenvalue weighted by molar-refractivity contribution is 5.71. The Kier molecular flexibility index (Phi) is 5.20. The number of nitrogens with zero attached hydrogens (tertiary/aromatic N) is 1. The van der Waals surface area contributed by atoms with Crippen molar-refractivity contribution in [2.24, 2.45) is 5.92 Å². The van der Waals surface area contributed by atoms with E-state index in [1.807, 2.05) is 30.3 Å². The van der Waals surface area contributed by atoms with E-state index in [1.54, 1.807) is 7.05 Å². The summed E-state index contributed by atoms with van der Waals surface area (Å²) < 4.78 is 5.28. The molecule has 5 heteroatoms. The molecule has 0 aromatic heterocycles. The molecule has 2 rings (SSSR count). The fourth-order valence-electron chi connectivity index (χ4n) is 2.71. The standard InChI is InChI=1S/C16H21NO4/c1-17(14-9-5-8-13(10-14)15(18)19)16(20)21-11-12-6-3-2-4-7-12/h2-4,6-7,13-14H,5,8-11H2,1H3,(H,18,19). The van der Waals surface area contributed by atoms with Gasteiger partial charge in [-0.3, -0.25) is 4.79 Å². The largest absolute Gasteiger partial charge is 0.481 e. The summed E-state index contributed by atoms with van der Waals surface area (Å²) in [6.45, 7) is 0.235. The lowest BCUT2D eigenvalue weighted by Crippen LogP contribution is -2.41. The van der Waals surface area contributed by atoms with E-state index in [4.69, 9.17) is 9.84 Å². The minimum Gasteiger partial charge on any atom is -0.481 e. The van der Waals surface area contributed by atoms with Gasteiger partial charge in [0.05, 0.1) is 5.92 Å². The van der Waals surface area contributed by atoms with Gasteiger partial charge < -0.3 is 14.7 Å². The second-order valence-corrected chi connectivity index (χ2v) is 5.51. The maximum atomic E-state index is 12.0. The molecule has 2 unspecified atom stereocenters. The van der Waals surface area contributed by atoms with Crippen molar-refractivity contribution in [3.05, 3.63) is 35.9 Å². The van der Waals surface area contributed by atoms with Crippen LogP contribution in [0.4, 0.5) is 4.79 Å². The minimum absolute atomic E-state index is 0.0527. The first-order chi connectivity index (χ1) is 10.1. The topological polar surface area (TPSA) is 66.8 Å². The Hall–Kier alpha value is -2.04. The second kappa shape index (κ2) is 7.11. The van der Waals surface area contributed by atoms with Gasteiger partial charge in [0.25, 0.3) is 0 Å². The van der Waals surface area contributed by atoms with E-state index in [2.05, 4.69) is 0 Å². The molecule has 0 heterocycles. The van der Waals surface area contributed by atoms with Crippen LogP contribution < -0.4 is 0 Å². The molecule has 5 nitrogen and oxygen atoms in total. The Morgan fingerprint density at radius 1 is 1.29 bits per heavy atom. The van der Waals surface area contributed by atoms with Crippen molar-refractivity contribution in [3.63, 3.8) is 0 Å². The van der Waals surface area contributed by atoms with Crippen molar-refractivity contribution in [1.82, 2.24) is 4.90 Å². The first-order valence-corrected chi connectivity index (χ1v) is 7.24. The van der Waals surface area contributed by atoms with Crippen LogP contribution in [0.3, 0.4) is 0 Å². The molecule has 2 atom stereocenters. The van der Waals surface area contributed by atoms with E-state index in [9.17, 15) is 9.59 Å². The van der Waals surface area contributed by atoms with Gasteiger partial charge in [-0.15, -0.1) is 0 Å². The molecule has 1 aliphatic rings. The van der Waals surface area contributed by atoms with Crippen LogP contribution in [0.1, 0.15) is 31.2 Å². The van der Waals surface area contributed by atoms with E-state index < -0.39 is 12.1 Å². The maximum Gasteiger partial charge on any atom is 0.410 e. The quantitative estimate of drug-likeness (QED) is 0.926. The van der Waals surface area contributed by atoms with Crippen LogP contribution in [-0.4, -0.2) is 35.2 Å². The Labute approximate surface area is 124 Å². The molecule has 1 aliphatic carbocycles. The number of ether oxygens (including phenoxy) is 1. The Balaban J connectivity index is 1.85. The zero-order valence-corrected chi connectivity index (χ0v) is 12.2. The average molecular weight is 291 g/mol. The average Bonchev–Trinajstić information content (AvgIpc) is 2.53. The normalized spacial score (nSPS) is 21.6. The molecule has 114 valence electrons. The van der Waals surface area contributed by atoms with Crippen LogP contribution in [0, 0.1) is 5.92 Å². The van der Waals surface area contributed by atoms with E-state index in [0.29, 0.717) is 12.8 Å². The number of hydrogen-bond donors (Lipinski definition) is 1. The number of carbonyl (C=O) groups is 2. The predicted octanol–water partition coefficient (Wildman–Crippen LogP) is 2.90. The second-order valence-electron chi connectivity index (χ2n) is 5.51. The highest BCUT2D eigenvalue weighted by atomic mass is 16.6. The molecule has 1 N–H and O–H groups in total. The van der Waals surface area contributed by atoms with E-state index >= 15 is 0 Å². The van der Waals surface area contributed by atoms with Gasteiger partial charge in [0.2, 0.25) is 0 Å². The zero-order valence-electron chi connectivity index (χ0n) is 12.2. The summed E-state index contributed by atoms with van der Waals surface area (Å²) >= 11 is 0. The molecule has 0 spiro atoms.